The normalized spacial score (nSPS) is 13.6. The van der Waals surface area contributed by atoms with E-state index in [1.165, 1.54) is 16.2 Å². The zero-order valence-electron chi connectivity index (χ0n) is 24.4. The monoisotopic (exact) mass is 622 g/mol. The van der Waals surface area contributed by atoms with Gasteiger partial charge in [-0.1, -0.05) is 91.0 Å². The topological polar surface area (TPSA) is 89.5 Å². The van der Waals surface area contributed by atoms with Crippen molar-refractivity contribution in [3.8, 4) is 34.5 Å². The van der Waals surface area contributed by atoms with Gasteiger partial charge in [0, 0.05) is 16.2 Å². The summed E-state index contributed by atoms with van der Waals surface area (Å²) in [5.41, 5.74) is 0. The minimum atomic E-state index is -1.42. The summed E-state index contributed by atoms with van der Waals surface area (Å²) in [6, 6.07) is 36.6. The highest BCUT2D eigenvalue weighted by molar-refractivity contribution is 7.08. The Labute approximate surface area is 261 Å². The molecule has 3 aliphatic rings. The molecule has 0 amide bonds. The number of fused-ring (bicyclic) bond motifs is 9. The Balaban J connectivity index is 0.000000114. The highest BCUT2D eigenvalue weighted by Gasteiger charge is 2.16. The number of hydrogen-bond acceptors (Lipinski definition) is 8. The van der Waals surface area contributed by atoms with Crippen molar-refractivity contribution >= 4 is 40.7 Å². The second-order valence-corrected chi connectivity index (χ2v) is 10.2. The van der Waals surface area contributed by atoms with Gasteiger partial charge in [-0.3, -0.25) is 0 Å². The van der Waals surface area contributed by atoms with E-state index in [0.29, 0.717) is 39.6 Å². The van der Waals surface area contributed by atoms with Gasteiger partial charge in [0.25, 0.3) is 0 Å². The van der Waals surface area contributed by atoms with Crippen molar-refractivity contribution in [3.05, 3.63) is 109 Å². The van der Waals surface area contributed by atoms with Crippen molar-refractivity contribution in [2.45, 2.75) is 0 Å². The molecule has 0 N–H and O–H groups in total. The van der Waals surface area contributed by atoms with Crippen LogP contribution in [-0.2, 0) is 9.13 Å². The summed E-state index contributed by atoms with van der Waals surface area (Å²) in [5.74, 6) is 5.22. The smallest absolute Gasteiger partial charge is 0.303 e. The van der Waals surface area contributed by atoms with Gasteiger partial charge in [-0.05, 0) is 34.4 Å². The lowest BCUT2D eigenvalue weighted by Crippen LogP contribution is -2.15. The Morgan fingerprint density at radius 2 is 0.622 bits per heavy atom. The van der Waals surface area contributed by atoms with Gasteiger partial charge < -0.3 is 28.4 Å². The fraction of sp³-hybridized carbons (Fsp3) is 0.167. The molecule has 6 aromatic carbocycles. The van der Waals surface area contributed by atoms with E-state index in [-0.39, 0.29) is 0 Å². The minimum Gasteiger partial charge on any atom is -0.486 e. The van der Waals surface area contributed by atoms with E-state index >= 15 is 0 Å². The summed E-state index contributed by atoms with van der Waals surface area (Å²) >= 11 is 0. The van der Waals surface area contributed by atoms with Crippen LogP contribution in [0.4, 0.5) is 0 Å². The molecule has 6 aromatic rings. The Kier molecular flexibility index (Phi) is 9.63. The van der Waals surface area contributed by atoms with Crippen molar-refractivity contribution in [2.24, 2.45) is 0 Å². The molecule has 9 heteroatoms. The molecule has 0 aromatic heterocycles. The van der Waals surface area contributed by atoms with Crippen LogP contribution in [0, 0.1) is 0 Å². The summed E-state index contributed by atoms with van der Waals surface area (Å²) in [6.45, 7) is 3.85. The molecule has 9 rings (SSSR count). The van der Waals surface area contributed by atoms with Crippen molar-refractivity contribution in [1.82, 2.24) is 0 Å². The number of benzene rings is 6. The van der Waals surface area contributed by atoms with Crippen molar-refractivity contribution in [2.75, 3.05) is 39.6 Å². The molecule has 0 radical (unpaired) electrons. The lowest BCUT2D eigenvalue weighted by Gasteiger charge is -2.19. The number of rotatable bonds is 0. The van der Waals surface area contributed by atoms with Gasteiger partial charge in [0.05, 0.1) is 0 Å². The second kappa shape index (κ2) is 14.5. The third-order valence-electron chi connectivity index (χ3n) is 7.29. The maximum absolute atomic E-state index is 8.40. The molecule has 0 saturated carbocycles. The van der Waals surface area contributed by atoms with Gasteiger partial charge in [-0.2, -0.15) is 0 Å². The van der Waals surface area contributed by atoms with E-state index in [1.807, 2.05) is 54.6 Å². The largest absolute Gasteiger partial charge is 0.486 e. The Hall–Kier alpha value is -5.20. The van der Waals surface area contributed by atoms with Gasteiger partial charge in [0.15, 0.2) is 34.5 Å². The van der Waals surface area contributed by atoms with Crippen LogP contribution in [0.15, 0.2) is 109 Å². The van der Waals surface area contributed by atoms with Crippen LogP contribution < -0.4 is 28.4 Å². The van der Waals surface area contributed by atoms with Crippen LogP contribution in [-0.4, -0.2) is 39.6 Å². The first-order valence-electron chi connectivity index (χ1n) is 14.6. The lowest BCUT2D eigenvalue weighted by atomic mass is 10.1. The first-order valence-corrected chi connectivity index (χ1v) is 15.4. The highest BCUT2D eigenvalue weighted by Crippen LogP contribution is 2.39. The fourth-order valence-corrected chi connectivity index (χ4v) is 5.34. The third-order valence-corrected chi connectivity index (χ3v) is 7.29. The zero-order valence-corrected chi connectivity index (χ0v) is 25.4. The molecular formula is C36H31O8P. The maximum Gasteiger partial charge on any atom is 0.303 e. The summed E-state index contributed by atoms with van der Waals surface area (Å²) in [4.78, 5) is 0. The first kappa shape index (κ1) is 29.9. The molecule has 0 aliphatic carbocycles. The van der Waals surface area contributed by atoms with E-state index in [2.05, 4.69) is 54.6 Å². The Bertz CT molecular complexity index is 1750. The molecule has 0 atom stereocenters. The molecule has 0 unspecified atom stereocenters. The van der Waals surface area contributed by atoms with E-state index in [1.54, 1.807) is 0 Å². The quantitative estimate of drug-likeness (QED) is 0.157. The van der Waals surface area contributed by atoms with Gasteiger partial charge in [0.2, 0.25) is 0 Å². The van der Waals surface area contributed by atoms with Gasteiger partial charge in [-0.15, -0.1) is 0 Å². The minimum absolute atomic E-state index is 0.640. The van der Waals surface area contributed by atoms with Gasteiger partial charge >= 0.3 is 8.34 Å². The molecule has 0 bridgehead atoms. The lowest BCUT2D eigenvalue weighted by molar-refractivity contribution is 0.174. The van der Waals surface area contributed by atoms with Crippen LogP contribution in [0.1, 0.15) is 0 Å². The molecule has 0 saturated heterocycles. The Morgan fingerprint density at radius 1 is 0.356 bits per heavy atom. The molecule has 8 nitrogen and oxygen atoms in total. The van der Waals surface area contributed by atoms with E-state index in [0.717, 1.165) is 50.7 Å². The van der Waals surface area contributed by atoms with Crippen LogP contribution in [0.3, 0.4) is 0 Å². The van der Waals surface area contributed by atoms with Crippen LogP contribution in [0.2, 0.25) is 0 Å². The molecular weight excluding hydrogens is 591 g/mol. The molecule has 45 heavy (non-hydrogen) atoms. The third kappa shape index (κ3) is 6.82. The van der Waals surface area contributed by atoms with E-state index in [9.17, 15) is 0 Å². The second-order valence-electron chi connectivity index (χ2n) is 10.0. The SMILES string of the molecule is O=[PH]=O.c1ccc2c3c(ccc2c1)OCCO3.c1ccc2c3c(ccc2c1)OCCO3.c1ccc2c3c(ccc2c1)OCCO3. The number of ether oxygens (including phenoxy) is 6. The van der Waals surface area contributed by atoms with Crippen molar-refractivity contribution in [3.63, 3.8) is 0 Å². The predicted molar refractivity (Wildman–Crippen MR) is 175 cm³/mol. The fourth-order valence-electron chi connectivity index (χ4n) is 5.34. The molecule has 3 aliphatic heterocycles. The van der Waals surface area contributed by atoms with Crippen molar-refractivity contribution in [1.29, 1.82) is 0 Å². The highest BCUT2D eigenvalue weighted by atomic mass is 31.0. The first-order chi connectivity index (χ1) is 22.3. The van der Waals surface area contributed by atoms with E-state index in [4.69, 9.17) is 37.6 Å². The van der Waals surface area contributed by atoms with Gasteiger partial charge in [0.1, 0.15) is 39.6 Å². The average molecular weight is 623 g/mol. The van der Waals surface area contributed by atoms with Crippen LogP contribution in [0.25, 0.3) is 32.3 Å². The molecule has 3 heterocycles. The maximum atomic E-state index is 8.40. The summed E-state index contributed by atoms with van der Waals surface area (Å²) < 4.78 is 50.2. The summed E-state index contributed by atoms with van der Waals surface area (Å²) in [5, 5.41) is 6.96. The van der Waals surface area contributed by atoms with Crippen molar-refractivity contribution < 1.29 is 37.6 Å². The standard InChI is InChI=1S/3C12H10O2.HO2P/c3*1-2-4-10-9(3-1)5-6-11-12(10)14-8-7-13-11;1-3-2/h3*1-6H,7-8H2;3H. The molecule has 0 fully saturated rings. The van der Waals surface area contributed by atoms with Crippen LogP contribution in [0.5, 0.6) is 34.5 Å². The van der Waals surface area contributed by atoms with Gasteiger partial charge in [-0.25, -0.2) is 9.13 Å². The summed E-state index contributed by atoms with van der Waals surface area (Å²) in [6.07, 6.45) is 0. The predicted octanol–water partition coefficient (Wildman–Crippen LogP) is 8.19. The van der Waals surface area contributed by atoms with Crippen LogP contribution >= 0.6 is 8.34 Å². The Morgan fingerprint density at radius 3 is 0.933 bits per heavy atom. The average Bonchev–Trinajstić information content (AvgIpc) is 3.12. The zero-order chi connectivity index (χ0) is 30.8. The number of hydrogen-bond donors (Lipinski definition) is 0. The molecule has 0 spiro atoms. The van der Waals surface area contributed by atoms with E-state index < -0.39 is 8.34 Å². The summed E-state index contributed by atoms with van der Waals surface area (Å²) in [7, 11) is -1.42. The molecule has 228 valence electrons.